The number of aryl methyl sites for hydroxylation is 2. The Labute approximate surface area is 112 Å². The summed E-state index contributed by atoms with van der Waals surface area (Å²) in [7, 11) is -3.60. The maximum absolute atomic E-state index is 12.5. The fraction of sp³-hybridized carbons (Fsp3) is 0.231. The van der Waals surface area contributed by atoms with Crippen LogP contribution in [-0.4, -0.2) is 12.4 Å². The number of rotatable bonds is 3. The number of aromatic nitrogens is 1. The molecule has 0 N–H and O–H groups in total. The molecule has 2 aromatic rings. The first-order valence-electron chi connectivity index (χ1n) is 5.65. The highest BCUT2D eigenvalue weighted by Gasteiger charge is 2.21. The van der Waals surface area contributed by atoms with Crippen molar-refractivity contribution in [1.29, 1.82) is 0 Å². The molecule has 0 bridgehead atoms. The number of halogens is 1. The van der Waals surface area contributed by atoms with Crippen molar-refractivity contribution in [2.24, 2.45) is 0 Å². The quantitative estimate of drug-likeness (QED) is 0.867. The molecule has 0 atom stereocenters. The van der Waals surface area contributed by atoms with E-state index in [0.29, 0.717) is 12.1 Å². The normalized spacial score (nSPS) is 11.7. The van der Waals surface area contributed by atoms with Gasteiger partial charge in [0, 0.05) is 5.69 Å². The van der Waals surface area contributed by atoms with Gasteiger partial charge in [-0.15, -0.1) is 0 Å². The summed E-state index contributed by atoms with van der Waals surface area (Å²) in [6.45, 7) is 3.81. The molecular formula is C13H14ClNO2S. The van der Waals surface area contributed by atoms with Gasteiger partial charge in [-0.1, -0.05) is 36.2 Å². The van der Waals surface area contributed by atoms with E-state index in [4.69, 9.17) is 11.6 Å². The van der Waals surface area contributed by atoms with Crippen molar-refractivity contribution in [3.05, 3.63) is 52.8 Å². The monoisotopic (exact) mass is 283 g/mol. The van der Waals surface area contributed by atoms with Crippen LogP contribution in [0.4, 0.5) is 0 Å². The number of hydrogen-bond acceptors (Lipinski definition) is 2. The average molecular weight is 284 g/mol. The molecule has 0 aliphatic carbocycles. The van der Waals surface area contributed by atoms with Gasteiger partial charge in [-0.2, -0.15) is 0 Å². The molecule has 18 heavy (non-hydrogen) atoms. The molecule has 1 aromatic heterocycles. The SMILES string of the molecule is CCc1ccc(Cl)n1S(=O)(=O)c1ccc(C)cc1. The van der Waals surface area contributed by atoms with Crippen molar-refractivity contribution in [3.63, 3.8) is 0 Å². The van der Waals surface area contributed by atoms with Gasteiger partial charge in [0.1, 0.15) is 5.15 Å². The third-order valence-corrected chi connectivity index (χ3v) is 4.96. The average Bonchev–Trinajstić information content (AvgIpc) is 2.71. The van der Waals surface area contributed by atoms with Crippen LogP contribution in [0.1, 0.15) is 18.2 Å². The molecule has 0 saturated heterocycles. The lowest BCUT2D eigenvalue weighted by Gasteiger charge is -2.11. The molecule has 0 aliphatic heterocycles. The zero-order valence-corrected chi connectivity index (χ0v) is 11.8. The summed E-state index contributed by atoms with van der Waals surface area (Å²) in [5.74, 6) is 0. The highest BCUT2D eigenvalue weighted by Crippen LogP contribution is 2.23. The minimum atomic E-state index is -3.60. The smallest absolute Gasteiger partial charge is 0.228 e. The lowest BCUT2D eigenvalue weighted by molar-refractivity contribution is 0.585. The molecule has 0 amide bonds. The summed E-state index contributed by atoms with van der Waals surface area (Å²) in [5.41, 5.74) is 1.70. The molecule has 0 radical (unpaired) electrons. The first kappa shape index (κ1) is 13.2. The summed E-state index contributed by atoms with van der Waals surface area (Å²) in [4.78, 5) is 0.251. The van der Waals surface area contributed by atoms with Gasteiger partial charge in [0.2, 0.25) is 0 Å². The van der Waals surface area contributed by atoms with Crippen molar-refractivity contribution in [2.75, 3.05) is 0 Å². The summed E-state index contributed by atoms with van der Waals surface area (Å²) in [6.07, 6.45) is 0.609. The van der Waals surface area contributed by atoms with Crippen LogP contribution in [0.5, 0.6) is 0 Å². The Morgan fingerprint density at radius 3 is 2.28 bits per heavy atom. The molecule has 5 heteroatoms. The predicted molar refractivity (Wildman–Crippen MR) is 72.6 cm³/mol. The highest BCUT2D eigenvalue weighted by molar-refractivity contribution is 7.90. The fourth-order valence-electron chi connectivity index (χ4n) is 1.78. The molecule has 3 nitrogen and oxygen atoms in total. The van der Waals surface area contributed by atoms with E-state index in [1.165, 1.54) is 3.97 Å². The van der Waals surface area contributed by atoms with Crippen molar-refractivity contribution in [2.45, 2.75) is 25.2 Å². The van der Waals surface area contributed by atoms with Gasteiger partial charge in [-0.25, -0.2) is 12.4 Å². The Hall–Kier alpha value is -1.26. The van der Waals surface area contributed by atoms with E-state index in [-0.39, 0.29) is 10.0 Å². The van der Waals surface area contributed by atoms with E-state index < -0.39 is 10.0 Å². The van der Waals surface area contributed by atoms with Crippen LogP contribution < -0.4 is 0 Å². The third kappa shape index (κ3) is 2.18. The van der Waals surface area contributed by atoms with E-state index >= 15 is 0 Å². The van der Waals surface area contributed by atoms with Gasteiger partial charge in [-0.05, 0) is 37.6 Å². The molecule has 0 fully saturated rings. The van der Waals surface area contributed by atoms with Gasteiger partial charge in [0.05, 0.1) is 4.90 Å². The van der Waals surface area contributed by atoms with Crippen LogP contribution in [0.2, 0.25) is 5.15 Å². The van der Waals surface area contributed by atoms with E-state index in [0.717, 1.165) is 5.56 Å². The molecule has 1 heterocycles. The van der Waals surface area contributed by atoms with E-state index in [1.807, 2.05) is 13.8 Å². The first-order chi connectivity index (χ1) is 8.46. The maximum atomic E-state index is 12.5. The van der Waals surface area contributed by atoms with Crippen LogP contribution >= 0.6 is 11.6 Å². The van der Waals surface area contributed by atoms with Gasteiger partial charge in [-0.3, -0.25) is 0 Å². The molecule has 1 aromatic carbocycles. The summed E-state index contributed by atoms with van der Waals surface area (Å²) < 4.78 is 26.2. The predicted octanol–water partition coefficient (Wildman–Crippen LogP) is 3.25. The Balaban J connectivity index is 2.61. The lowest BCUT2D eigenvalue weighted by Crippen LogP contribution is -2.15. The molecule has 0 unspecified atom stereocenters. The molecule has 0 spiro atoms. The maximum Gasteiger partial charge on any atom is 0.269 e. The zero-order chi connectivity index (χ0) is 13.3. The van der Waals surface area contributed by atoms with Crippen LogP contribution in [-0.2, 0) is 16.4 Å². The minimum absolute atomic E-state index is 0.215. The first-order valence-corrected chi connectivity index (χ1v) is 7.47. The Morgan fingerprint density at radius 2 is 1.72 bits per heavy atom. The van der Waals surface area contributed by atoms with E-state index in [2.05, 4.69) is 0 Å². The zero-order valence-electron chi connectivity index (χ0n) is 10.2. The fourth-order valence-corrected chi connectivity index (χ4v) is 3.71. The molecule has 2 rings (SSSR count). The molecular weight excluding hydrogens is 270 g/mol. The number of hydrogen-bond donors (Lipinski definition) is 0. The van der Waals surface area contributed by atoms with Crippen LogP contribution in [0.15, 0.2) is 41.3 Å². The molecule has 0 saturated carbocycles. The van der Waals surface area contributed by atoms with Gasteiger partial charge < -0.3 is 0 Å². The standard InChI is InChI=1S/C13H14ClNO2S/c1-3-11-6-9-13(14)15(11)18(16,17)12-7-4-10(2)5-8-12/h4-9H,3H2,1-2H3. The van der Waals surface area contributed by atoms with Crippen molar-refractivity contribution < 1.29 is 8.42 Å². The number of nitrogens with zero attached hydrogens (tertiary/aromatic N) is 1. The molecule has 0 aliphatic rings. The summed E-state index contributed by atoms with van der Waals surface area (Å²) >= 11 is 5.97. The topological polar surface area (TPSA) is 39.1 Å². The second-order valence-electron chi connectivity index (χ2n) is 4.08. The minimum Gasteiger partial charge on any atom is -0.228 e. The second-order valence-corrected chi connectivity index (χ2v) is 6.26. The Bertz CT molecular complexity index is 657. The van der Waals surface area contributed by atoms with E-state index in [1.54, 1.807) is 36.4 Å². The summed E-state index contributed by atoms with van der Waals surface area (Å²) in [6, 6.07) is 10.1. The third-order valence-electron chi connectivity index (χ3n) is 2.79. The largest absolute Gasteiger partial charge is 0.269 e. The van der Waals surface area contributed by atoms with Crippen LogP contribution in [0, 0.1) is 6.92 Å². The second kappa shape index (κ2) is 4.78. The van der Waals surface area contributed by atoms with Crippen molar-refractivity contribution in [3.8, 4) is 0 Å². The lowest BCUT2D eigenvalue weighted by atomic mass is 10.2. The van der Waals surface area contributed by atoms with Gasteiger partial charge in [0.15, 0.2) is 0 Å². The molecule has 96 valence electrons. The van der Waals surface area contributed by atoms with Crippen LogP contribution in [0.3, 0.4) is 0 Å². The van der Waals surface area contributed by atoms with Crippen LogP contribution in [0.25, 0.3) is 0 Å². The Morgan fingerprint density at radius 1 is 1.11 bits per heavy atom. The Kier molecular flexibility index (Phi) is 3.50. The van der Waals surface area contributed by atoms with Crippen molar-refractivity contribution >= 4 is 21.6 Å². The van der Waals surface area contributed by atoms with Crippen molar-refractivity contribution in [1.82, 2.24) is 3.97 Å². The summed E-state index contributed by atoms with van der Waals surface area (Å²) in [5, 5.41) is 0.215. The van der Waals surface area contributed by atoms with Gasteiger partial charge >= 0.3 is 0 Å². The number of benzene rings is 1. The van der Waals surface area contributed by atoms with E-state index in [9.17, 15) is 8.42 Å². The highest BCUT2D eigenvalue weighted by atomic mass is 35.5. The van der Waals surface area contributed by atoms with Gasteiger partial charge in [0.25, 0.3) is 10.0 Å².